The molecule has 1 atom stereocenters. The van der Waals surface area contributed by atoms with Gasteiger partial charge in [0.25, 0.3) is 0 Å². The number of hydrogen-bond acceptors (Lipinski definition) is 2. The molecule has 0 aliphatic carbocycles. The highest BCUT2D eigenvalue weighted by atomic mass is 15.1. The number of rotatable bonds is 5. The van der Waals surface area contributed by atoms with Gasteiger partial charge in [-0.25, -0.2) is 0 Å². The Morgan fingerprint density at radius 3 is 2.88 bits per heavy atom. The lowest BCUT2D eigenvalue weighted by Crippen LogP contribution is -2.24. The van der Waals surface area contributed by atoms with Crippen LogP contribution in [0.3, 0.4) is 0 Å². The number of hydrogen-bond donors (Lipinski definition) is 1. The van der Waals surface area contributed by atoms with E-state index in [0.717, 1.165) is 12.6 Å². The molecule has 0 aromatic heterocycles. The molecule has 1 heterocycles. The Kier molecular flexibility index (Phi) is 4.43. The maximum atomic E-state index is 3.56. The van der Waals surface area contributed by atoms with E-state index in [0.29, 0.717) is 0 Å². The number of para-hydroxylation sites is 1. The average Bonchev–Trinajstić information content (AvgIpc) is 2.82. The molecule has 1 aliphatic rings. The molecule has 2 heteroatoms. The quantitative estimate of drug-likeness (QED) is 0.839. The van der Waals surface area contributed by atoms with Gasteiger partial charge in [0.1, 0.15) is 0 Å². The van der Waals surface area contributed by atoms with Crippen molar-refractivity contribution in [2.45, 2.75) is 38.6 Å². The summed E-state index contributed by atoms with van der Waals surface area (Å²) in [4.78, 5) is 2.38. The predicted molar refractivity (Wildman–Crippen MR) is 74.7 cm³/mol. The molecule has 1 N–H and O–H groups in total. The van der Waals surface area contributed by atoms with Crippen LogP contribution >= 0.6 is 0 Å². The Balaban J connectivity index is 1.77. The van der Waals surface area contributed by atoms with Gasteiger partial charge in [0.05, 0.1) is 0 Å². The maximum absolute atomic E-state index is 3.56. The first-order valence-electron chi connectivity index (χ1n) is 6.77. The van der Waals surface area contributed by atoms with E-state index in [4.69, 9.17) is 0 Å². The Bertz CT molecular complexity index is 343. The van der Waals surface area contributed by atoms with Crippen molar-refractivity contribution >= 4 is 5.69 Å². The molecular formula is C15H24N2. The van der Waals surface area contributed by atoms with E-state index in [2.05, 4.69) is 48.5 Å². The van der Waals surface area contributed by atoms with Crippen LogP contribution < -0.4 is 10.2 Å². The molecule has 0 saturated carbocycles. The number of nitrogens with zero attached hydrogens (tertiary/aromatic N) is 1. The summed E-state index contributed by atoms with van der Waals surface area (Å²) in [6, 6.07) is 9.40. The normalized spacial score (nSPS) is 19.5. The van der Waals surface area contributed by atoms with Gasteiger partial charge in [-0.2, -0.15) is 0 Å². The summed E-state index contributed by atoms with van der Waals surface area (Å²) >= 11 is 0. The van der Waals surface area contributed by atoms with Crippen LogP contribution in [-0.2, 0) is 0 Å². The molecule has 0 bridgehead atoms. The zero-order valence-electron chi connectivity index (χ0n) is 11.1. The fourth-order valence-electron chi connectivity index (χ4n) is 2.69. The molecule has 1 aliphatic heterocycles. The van der Waals surface area contributed by atoms with Gasteiger partial charge in [0.2, 0.25) is 0 Å². The molecule has 2 nitrogen and oxygen atoms in total. The Morgan fingerprint density at radius 1 is 1.35 bits per heavy atom. The van der Waals surface area contributed by atoms with Crippen molar-refractivity contribution < 1.29 is 0 Å². The first-order valence-corrected chi connectivity index (χ1v) is 6.77. The molecule has 1 fully saturated rings. The van der Waals surface area contributed by atoms with Gasteiger partial charge in [-0.15, -0.1) is 0 Å². The summed E-state index contributed by atoms with van der Waals surface area (Å²) in [5, 5.41) is 3.56. The third kappa shape index (κ3) is 3.47. The van der Waals surface area contributed by atoms with Gasteiger partial charge in [-0.05, 0) is 50.8 Å². The van der Waals surface area contributed by atoms with E-state index < -0.39 is 0 Å². The molecular weight excluding hydrogens is 208 g/mol. The van der Waals surface area contributed by atoms with E-state index >= 15 is 0 Å². The maximum Gasteiger partial charge on any atom is 0.0393 e. The second-order valence-electron chi connectivity index (χ2n) is 5.14. The smallest absolute Gasteiger partial charge is 0.0393 e. The van der Waals surface area contributed by atoms with Crippen LogP contribution in [0.1, 0.15) is 31.2 Å². The van der Waals surface area contributed by atoms with E-state index in [-0.39, 0.29) is 0 Å². The van der Waals surface area contributed by atoms with Crippen molar-refractivity contribution in [3.63, 3.8) is 0 Å². The summed E-state index contributed by atoms with van der Waals surface area (Å²) in [7, 11) is 2.20. The number of anilines is 1. The third-order valence-electron chi connectivity index (χ3n) is 3.74. The molecule has 94 valence electrons. The molecule has 0 radical (unpaired) electrons. The fourth-order valence-corrected chi connectivity index (χ4v) is 2.69. The van der Waals surface area contributed by atoms with Gasteiger partial charge < -0.3 is 10.2 Å². The van der Waals surface area contributed by atoms with E-state index in [1.807, 2.05) is 0 Å². The summed E-state index contributed by atoms with van der Waals surface area (Å²) in [6.07, 6.45) is 5.32. The summed E-state index contributed by atoms with van der Waals surface area (Å²) in [5.41, 5.74) is 2.74. The largest absolute Gasteiger partial charge is 0.374 e. The van der Waals surface area contributed by atoms with Crippen LogP contribution in [0.5, 0.6) is 0 Å². The molecule has 2 rings (SSSR count). The fraction of sp³-hybridized carbons (Fsp3) is 0.600. The zero-order valence-corrected chi connectivity index (χ0v) is 11.1. The lowest BCUT2D eigenvalue weighted by Gasteiger charge is -2.22. The summed E-state index contributed by atoms with van der Waals surface area (Å²) in [5.74, 6) is 0. The van der Waals surface area contributed by atoms with E-state index in [1.165, 1.54) is 43.5 Å². The van der Waals surface area contributed by atoms with Crippen molar-refractivity contribution in [3.8, 4) is 0 Å². The van der Waals surface area contributed by atoms with Crippen LogP contribution in [-0.4, -0.2) is 26.2 Å². The van der Waals surface area contributed by atoms with Crippen LogP contribution in [0.15, 0.2) is 24.3 Å². The minimum atomic E-state index is 0.778. The SMILES string of the molecule is Cc1ccccc1N(C)CCCC1CCCN1. The molecule has 1 aromatic rings. The number of nitrogens with one attached hydrogen (secondary N) is 1. The van der Waals surface area contributed by atoms with Gasteiger partial charge in [0, 0.05) is 25.3 Å². The Morgan fingerprint density at radius 2 is 2.18 bits per heavy atom. The molecule has 0 amide bonds. The first-order chi connectivity index (χ1) is 8.27. The Hall–Kier alpha value is -1.02. The molecule has 1 unspecified atom stereocenters. The second kappa shape index (κ2) is 6.06. The second-order valence-corrected chi connectivity index (χ2v) is 5.14. The number of aryl methyl sites for hydroxylation is 1. The average molecular weight is 232 g/mol. The molecule has 1 aromatic carbocycles. The van der Waals surface area contributed by atoms with Crippen LogP contribution in [0.4, 0.5) is 5.69 Å². The lowest BCUT2D eigenvalue weighted by atomic mass is 10.1. The van der Waals surface area contributed by atoms with Gasteiger partial charge >= 0.3 is 0 Å². The first kappa shape index (κ1) is 12.4. The topological polar surface area (TPSA) is 15.3 Å². The van der Waals surface area contributed by atoms with Crippen LogP contribution in [0, 0.1) is 6.92 Å². The number of benzene rings is 1. The van der Waals surface area contributed by atoms with E-state index in [1.54, 1.807) is 0 Å². The van der Waals surface area contributed by atoms with Gasteiger partial charge in [-0.1, -0.05) is 18.2 Å². The standard InChI is InChI=1S/C15H24N2/c1-13-7-3-4-10-15(13)17(2)12-6-9-14-8-5-11-16-14/h3-4,7,10,14,16H,5-6,8-9,11-12H2,1-2H3. The lowest BCUT2D eigenvalue weighted by molar-refractivity contribution is 0.536. The minimum Gasteiger partial charge on any atom is -0.374 e. The van der Waals surface area contributed by atoms with E-state index in [9.17, 15) is 0 Å². The summed E-state index contributed by atoms with van der Waals surface area (Å²) in [6.45, 7) is 4.56. The van der Waals surface area contributed by atoms with Crippen LogP contribution in [0.2, 0.25) is 0 Å². The highest BCUT2D eigenvalue weighted by Crippen LogP contribution is 2.19. The highest BCUT2D eigenvalue weighted by molar-refractivity contribution is 5.52. The summed E-state index contributed by atoms with van der Waals surface area (Å²) < 4.78 is 0. The highest BCUT2D eigenvalue weighted by Gasteiger charge is 2.13. The van der Waals surface area contributed by atoms with Crippen molar-refractivity contribution in [1.29, 1.82) is 0 Å². The molecule has 0 spiro atoms. The van der Waals surface area contributed by atoms with Gasteiger partial charge in [-0.3, -0.25) is 0 Å². The predicted octanol–water partition coefficient (Wildman–Crippen LogP) is 2.96. The van der Waals surface area contributed by atoms with Crippen molar-refractivity contribution in [2.75, 3.05) is 25.0 Å². The molecule has 17 heavy (non-hydrogen) atoms. The third-order valence-corrected chi connectivity index (χ3v) is 3.74. The monoisotopic (exact) mass is 232 g/mol. The molecule has 1 saturated heterocycles. The Labute approximate surface area is 105 Å². The van der Waals surface area contributed by atoms with Crippen molar-refractivity contribution in [1.82, 2.24) is 5.32 Å². The van der Waals surface area contributed by atoms with Gasteiger partial charge in [0.15, 0.2) is 0 Å². The van der Waals surface area contributed by atoms with Crippen LogP contribution in [0.25, 0.3) is 0 Å². The van der Waals surface area contributed by atoms with Crippen molar-refractivity contribution in [2.24, 2.45) is 0 Å². The zero-order chi connectivity index (χ0) is 12.1. The minimum absolute atomic E-state index is 0.778. The van der Waals surface area contributed by atoms with Crippen molar-refractivity contribution in [3.05, 3.63) is 29.8 Å².